The molecule has 0 atom stereocenters. The molecule has 0 spiro atoms. The number of carbonyl (C=O) groups is 1. The first-order valence-corrected chi connectivity index (χ1v) is 7.76. The van der Waals surface area contributed by atoms with Crippen LogP contribution in [0, 0.1) is 13.8 Å². The Kier molecular flexibility index (Phi) is 3.94. The van der Waals surface area contributed by atoms with Crippen LogP contribution in [0.4, 0.5) is 5.82 Å². The zero-order chi connectivity index (χ0) is 16.6. The molecule has 0 fully saturated rings. The van der Waals surface area contributed by atoms with Gasteiger partial charge in [0.05, 0.1) is 18.9 Å². The van der Waals surface area contributed by atoms with Gasteiger partial charge in [-0.2, -0.15) is 5.10 Å². The van der Waals surface area contributed by atoms with Crippen molar-refractivity contribution in [2.45, 2.75) is 40.2 Å². The fourth-order valence-electron chi connectivity index (χ4n) is 2.66. The number of furan rings is 1. The van der Waals surface area contributed by atoms with Crippen molar-refractivity contribution in [1.82, 2.24) is 9.78 Å². The van der Waals surface area contributed by atoms with Gasteiger partial charge < -0.3 is 9.73 Å². The number of anilines is 1. The molecule has 0 aliphatic carbocycles. The van der Waals surface area contributed by atoms with E-state index in [9.17, 15) is 4.79 Å². The molecular weight excluding hydrogens is 290 g/mol. The van der Waals surface area contributed by atoms with Gasteiger partial charge in [0, 0.05) is 23.1 Å². The Bertz CT molecular complexity index is 858. The number of amides is 1. The lowest BCUT2D eigenvalue weighted by atomic mass is 10.0. The Hall–Kier alpha value is -2.56. The third-order valence-corrected chi connectivity index (χ3v) is 4.05. The number of aryl methyl sites for hydroxylation is 2. The van der Waals surface area contributed by atoms with Crippen LogP contribution in [0.3, 0.4) is 0 Å². The van der Waals surface area contributed by atoms with E-state index in [2.05, 4.69) is 30.3 Å². The number of benzene rings is 1. The minimum absolute atomic E-state index is 0.0756. The minimum atomic E-state index is -0.0756. The normalized spacial score (nSPS) is 11.3. The summed E-state index contributed by atoms with van der Waals surface area (Å²) in [6.45, 7) is 8.16. The Morgan fingerprint density at radius 2 is 2.04 bits per heavy atom. The van der Waals surface area contributed by atoms with E-state index >= 15 is 0 Å². The molecule has 1 aromatic carbocycles. The lowest BCUT2D eigenvalue weighted by Gasteiger charge is -2.11. The number of hydrogen-bond donors (Lipinski definition) is 1. The third-order valence-electron chi connectivity index (χ3n) is 4.05. The molecular formula is C18H21N3O2. The summed E-state index contributed by atoms with van der Waals surface area (Å²) in [6.07, 6.45) is 3.64. The quantitative estimate of drug-likeness (QED) is 0.792. The van der Waals surface area contributed by atoms with Gasteiger partial charge in [-0.05, 0) is 51.0 Å². The van der Waals surface area contributed by atoms with Crippen LogP contribution in [0.25, 0.3) is 11.0 Å². The van der Waals surface area contributed by atoms with Crippen molar-refractivity contribution in [3.05, 3.63) is 47.3 Å². The molecule has 0 radical (unpaired) electrons. The first-order valence-electron chi connectivity index (χ1n) is 7.76. The smallest absolute Gasteiger partial charge is 0.230 e. The largest absolute Gasteiger partial charge is 0.464 e. The van der Waals surface area contributed by atoms with Gasteiger partial charge in [-0.1, -0.05) is 0 Å². The van der Waals surface area contributed by atoms with Crippen LogP contribution < -0.4 is 5.32 Å². The molecule has 0 aliphatic rings. The van der Waals surface area contributed by atoms with Crippen molar-refractivity contribution < 1.29 is 9.21 Å². The lowest BCUT2D eigenvalue weighted by Crippen LogP contribution is -2.18. The van der Waals surface area contributed by atoms with E-state index < -0.39 is 0 Å². The summed E-state index contributed by atoms with van der Waals surface area (Å²) in [5.74, 6) is 0.637. The molecule has 5 heteroatoms. The minimum Gasteiger partial charge on any atom is -0.464 e. The van der Waals surface area contributed by atoms with Gasteiger partial charge in [0.2, 0.25) is 5.91 Å². The van der Waals surface area contributed by atoms with Gasteiger partial charge in [-0.3, -0.25) is 4.79 Å². The number of carbonyl (C=O) groups excluding carboxylic acids is 1. The van der Waals surface area contributed by atoms with Crippen molar-refractivity contribution in [3.8, 4) is 0 Å². The summed E-state index contributed by atoms with van der Waals surface area (Å²) < 4.78 is 7.38. The highest BCUT2D eigenvalue weighted by molar-refractivity contribution is 5.95. The van der Waals surface area contributed by atoms with Crippen molar-refractivity contribution in [2.24, 2.45) is 0 Å². The molecule has 2 heterocycles. The number of rotatable bonds is 4. The summed E-state index contributed by atoms with van der Waals surface area (Å²) in [4.78, 5) is 12.4. The van der Waals surface area contributed by atoms with Crippen molar-refractivity contribution in [3.63, 3.8) is 0 Å². The number of fused-ring (bicyclic) bond motifs is 1. The van der Waals surface area contributed by atoms with Crippen LogP contribution in [0.5, 0.6) is 0 Å². The highest BCUT2D eigenvalue weighted by Gasteiger charge is 2.14. The van der Waals surface area contributed by atoms with Crippen LogP contribution in [0.2, 0.25) is 0 Å². The van der Waals surface area contributed by atoms with E-state index in [0.717, 1.165) is 16.5 Å². The van der Waals surface area contributed by atoms with Gasteiger partial charge in [0.15, 0.2) is 0 Å². The molecule has 3 aromatic rings. The lowest BCUT2D eigenvalue weighted by molar-refractivity contribution is -0.115. The molecule has 120 valence electrons. The first kappa shape index (κ1) is 15.3. The summed E-state index contributed by atoms with van der Waals surface area (Å²) >= 11 is 0. The highest BCUT2D eigenvalue weighted by Crippen LogP contribution is 2.25. The number of nitrogens with one attached hydrogen (secondary N) is 1. The van der Waals surface area contributed by atoms with Gasteiger partial charge in [-0.15, -0.1) is 0 Å². The van der Waals surface area contributed by atoms with Crippen molar-refractivity contribution in [1.29, 1.82) is 0 Å². The maximum atomic E-state index is 12.4. The summed E-state index contributed by atoms with van der Waals surface area (Å²) in [7, 11) is 0. The Balaban J connectivity index is 1.80. The predicted molar refractivity (Wildman–Crippen MR) is 90.6 cm³/mol. The van der Waals surface area contributed by atoms with E-state index in [1.54, 1.807) is 23.2 Å². The molecule has 0 unspecified atom stereocenters. The molecule has 2 aromatic heterocycles. The third kappa shape index (κ3) is 2.99. The SMILES string of the molecule is Cc1cc2occ(CC(=O)Nc3ccnn3C(C)C)c2cc1C. The second-order valence-electron chi connectivity index (χ2n) is 6.17. The Labute approximate surface area is 135 Å². The van der Waals surface area contributed by atoms with E-state index in [0.29, 0.717) is 5.82 Å². The van der Waals surface area contributed by atoms with Gasteiger partial charge in [-0.25, -0.2) is 4.68 Å². The Morgan fingerprint density at radius 1 is 1.30 bits per heavy atom. The molecule has 5 nitrogen and oxygen atoms in total. The zero-order valence-electron chi connectivity index (χ0n) is 13.9. The van der Waals surface area contributed by atoms with E-state index in [1.165, 1.54) is 11.1 Å². The predicted octanol–water partition coefficient (Wildman–Crippen LogP) is 4.01. The van der Waals surface area contributed by atoms with Crippen LogP contribution in [0.1, 0.15) is 36.6 Å². The maximum absolute atomic E-state index is 12.4. The summed E-state index contributed by atoms with van der Waals surface area (Å²) in [6, 6.07) is 6.09. The van der Waals surface area contributed by atoms with Crippen molar-refractivity contribution in [2.75, 3.05) is 5.32 Å². The Morgan fingerprint density at radius 3 is 2.78 bits per heavy atom. The number of hydrogen-bond acceptors (Lipinski definition) is 3. The average Bonchev–Trinajstić information content (AvgIpc) is 3.08. The molecule has 1 amide bonds. The fourth-order valence-corrected chi connectivity index (χ4v) is 2.66. The topological polar surface area (TPSA) is 60.1 Å². The monoisotopic (exact) mass is 311 g/mol. The molecule has 0 aliphatic heterocycles. The molecule has 0 saturated carbocycles. The van der Waals surface area contributed by atoms with E-state index in [4.69, 9.17) is 4.42 Å². The zero-order valence-corrected chi connectivity index (χ0v) is 13.9. The van der Waals surface area contributed by atoms with Crippen LogP contribution in [-0.2, 0) is 11.2 Å². The average molecular weight is 311 g/mol. The molecule has 0 bridgehead atoms. The number of aromatic nitrogens is 2. The number of nitrogens with zero attached hydrogens (tertiary/aromatic N) is 2. The second-order valence-corrected chi connectivity index (χ2v) is 6.17. The molecule has 1 N–H and O–H groups in total. The molecule has 3 rings (SSSR count). The first-order chi connectivity index (χ1) is 11.0. The van der Waals surface area contributed by atoms with Crippen molar-refractivity contribution >= 4 is 22.7 Å². The van der Waals surface area contributed by atoms with Crippen LogP contribution >= 0.6 is 0 Å². The van der Waals surface area contributed by atoms with E-state index in [1.807, 2.05) is 19.9 Å². The second kappa shape index (κ2) is 5.91. The van der Waals surface area contributed by atoms with E-state index in [-0.39, 0.29) is 18.4 Å². The van der Waals surface area contributed by atoms with Crippen LogP contribution in [0.15, 0.2) is 35.1 Å². The van der Waals surface area contributed by atoms with Gasteiger partial charge in [0.1, 0.15) is 11.4 Å². The fraction of sp³-hybridized carbons (Fsp3) is 0.333. The maximum Gasteiger partial charge on any atom is 0.230 e. The standard InChI is InChI=1S/C18H21N3O2/c1-11(2)21-17(5-6-19-21)20-18(22)9-14-10-23-16-8-13(4)12(3)7-15(14)16/h5-8,10-11H,9H2,1-4H3,(H,20,22). The molecule has 23 heavy (non-hydrogen) atoms. The van der Waals surface area contributed by atoms with Crippen LogP contribution in [-0.4, -0.2) is 15.7 Å². The highest BCUT2D eigenvalue weighted by atomic mass is 16.3. The molecule has 0 saturated heterocycles. The van der Waals surface area contributed by atoms with Gasteiger partial charge in [0.25, 0.3) is 0 Å². The summed E-state index contributed by atoms with van der Waals surface area (Å²) in [5.41, 5.74) is 4.10. The van der Waals surface area contributed by atoms with Gasteiger partial charge >= 0.3 is 0 Å². The summed E-state index contributed by atoms with van der Waals surface area (Å²) in [5, 5.41) is 8.14.